The molecule has 0 radical (unpaired) electrons. The maximum Gasteiger partial charge on any atom is 0.192 e. The van der Waals surface area contributed by atoms with Crippen molar-refractivity contribution in [2.24, 2.45) is 0 Å². The molecular formula is C23H18O3. The van der Waals surface area contributed by atoms with E-state index in [1.165, 1.54) is 12.3 Å². The molecule has 1 heterocycles. The lowest BCUT2D eigenvalue weighted by molar-refractivity contribution is 0.303. The third-order valence-electron chi connectivity index (χ3n) is 4.35. The molecule has 0 fully saturated rings. The van der Waals surface area contributed by atoms with Crippen molar-refractivity contribution in [3.8, 4) is 5.75 Å². The Kier molecular flexibility index (Phi) is 4.52. The molecule has 128 valence electrons. The minimum absolute atomic E-state index is 0.0461. The summed E-state index contributed by atoms with van der Waals surface area (Å²) >= 11 is 0. The molecule has 0 unspecified atom stereocenters. The summed E-state index contributed by atoms with van der Waals surface area (Å²) in [5.41, 5.74) is 3.66. The first-order valence-electron chi connectivity index (χ1n) is 8.55. The number of rotatable bonds is 5. The van der Waals surface area contributed by atoms with Gasteiger partial charge >= 0.3 is 0 Å². The van der Waals surface area contributed by atoms with Crippen LogP contribution in [0.2, 0.25) is 0 Å². The Morgan fingerprint density at radius 1 is 0.769 bits per heavy atom. The van der Waals surface area contributed by atoms with Crippen LogP contribution in [-0.2, 0) is 13.0 Å². The highest BCUT2D eigenvalue weighted by molar-refractivity contribution is 5.82. The normalized spacial score (nSPS) is 10.8. The van der Waals surface area contributed by atoms with Crippen LogP contribution in [-0.4, -0.2) is 0 Å². The van der Waals surface area contributed by atoms with Crippen molar-refractivity contribution < 1.29 is 9.15 Å². The van der Waals surface area contributed by atoms with Crippen molar-refractivity contribution in [3.05, 3.63) is 112 Å². The summed E-state index contributed by atoms with van der Waals surface area (Å²) in [6, 6.07) is 25.2. The van der Waals surface area contributed by atoms with E-state index < -0.39 is 0 Å². The van der Waals surface area contributed by atoms with Gasteiger partial charge < -0.3 is 9.15 Å². The molecule has 3 nitrogen and oxygen atoms in total. The van der Waals surface area contributed by atoms with Gasteiger partial charge in [-0.15, -0.1) is 0 Å². The Balaban J connectivity index is 1.76. The molecule has 1 aromatic heterocycles. The Morgan fingerprint density at radius 3 is 2.19 bits per heavy atom. The van der Waals surface area contributed by atoms with Gasteiger partial charge in [0.15, 0.2) is 5.43 Å². The molecule has 0 saturated heterocycles. The van der Waals surface area contributed by atoms with E-state index in [2.05, 4.69) is 12.1 Å². The van der Waals surface area contributed by atoms with Gasteiger partial charge in [0.2, 0.25) is 0 Å². The Hall–Kier alpha value is -3.33. The van der Waals surface area contributed by atoms with Crippen molar-refractivity contribution in [1.29, 1.82) is 0 Å². The van der Waals surface area contributed by atoms with E-state index in [0.717, 1.165) is 22.4 Å². The summed E-state index contributed by atoms with van der Waals surface area (Å²) in [4.78, 5) is 12.2. The molecule has 3 aromatic carbocycles. The topological polar surface area (TPSA) is 39.4 Å². The quantitative estimate of drug-likeness (QED) is 0.514. The van der Waals surface area contributed by atoms with Gasteiger partial charge in [-0.2, -0.15) is 0 Å². The van der Waals surface area contributed by atoms with Gasteiger partial charge in [-0.05, 0) is 23.3 Å². The summed E-state index contributed by atoms with van der Waals surface area (Å²) in [6.07, 6.45) is 2.08. The lowest BCUT2D eigenvalue weighted by Crippen LogP contribution is -2.04. The van der Waals surface area contributed by atoms with E-state index in [4.69, 9.17) is 9.15 Å². The average Bonchev–Trinajstić information content (AvgIpc) is 2.69. The largest absolute Gasteiger partial charge is 0.488 e. The maximum atomic E-state index is 12.2. The van der Waals surface area contributed by atoms with Gasteiger partial charge in [0.25, 0.3) is 0 Å². The fraction of sp³-hybridized carbons (Fsp3) is 0.0870. The maximum absolute atomic E-state index is 12.2. The zero-order valence-corrected chi connectivity index (χ0v) is 14.2. The molecule has 3 heteroatoms. The van der Waals surface area contributed by atoms with E-state index in [-0.39, 0.29) is 5.43 Å². The molecule has 0 N–H and O–H groups in total. The average molecular weight is 342 g/mol. The fourth-order valence-corrected chi connectivity index (χ4v) is 3.03. The summed E-state index contributed by atoms with van der Waals surface area (Å²) in [5, 5.41) is 0.575. The number of ether oxygens (including phenoxy) is 1. The molecule has 4 rings (SSSR count). The van der Waals surface area contributed by atoms with Crippen molar-refractivity contribution in [1.82, 2.24) is 0 Å². The molecule has 0 aliphatic rings. The minimum atomic E-state index is -0.0461. The van der Waals surface area contributed by atoms with E-state index >= 15 is 0 Å². The van der Waals surface area contributed by atoms with Crippen LogP contribution in [0.3, 0.4) is 0 Å². The molecule has 0 aliphatic heterocycles. The van der Waals surface area contributed by atoms with Gasteiger partial charge in [0, 0.05) is 18.1 Å². The lowest BCUT2D eigenvalue weighted by atomic mass is 10.0. The molecule has 0 atom stereocenters. The summed E-state index contributed by atoms with van der Waals surface area (Å²) in [7, 11) is 0. The van der Waals surface area contributed by atoms with Gasteiger partial charge in [-0.1, -0.05) is 60.7 Å². The van der Waals surface area contributed by atoms with Crippen LogP contribution in [0.1, 0.15) is 16.7 Å². The zero-order valence-electron chi connectivity index (χ0n) is 14.2. The van der Waals surface area contributed by atoms with Crippen LogP contribution < -0.4 is 10.2 Å². The van der Waals surface area contributed by atoms with Gasteiger partial charge in [-0.25, -0.2) is 0 Å². The lowest BCUT2D eigenvalue weighted by Gasteiger charge is -2.13. The summed E-state index contributed by atoms with van der Waals surface area (Å²) in [6.45, 7) is 0.463. The predicted octanol–water partition coefficient (Wildman–Crippen LogP) is 4.96. The number of hydrogen-bond acceptors (Lipinski definition) is 3. The van der Waals surface area contributed by atoms with Crippen molar-refractivity contribution in [2.75, 3.05) is 0 Å². The van der Waals surface area contributed by atoms with E-state index in [1.807, 2.05) is 54.6 Å². The Labute approximate surface area is 151 Å². The first-order chi connectivity index (χ1) is 12.8. The molecule has 0 spiro atoms. The van der Waals surface area contributed by atoms with Crippen LogP contribution in [0.5, 0.6) is 5.75 Å². The van der Waals surface area contributed by atoms with Crippen LogP contribution in [0.25, 0.3) is 11.0 Å². The molecular weight excluding hydrogens is 324 g/mol. The number of benzene rings is 3. The van der Waals surface area contributed by atoms with Crippen molar-refractivity contribution in [2.45, 2.75) is 13.0 Å². The van der Waals surface area contributed by atoms with Gasteiger partial charge in [0.05, 0.1) is 11.6 Å². The van der Waals surface area contributed by atoms with Crippen molar-refractivity contribution >= 4 is 11.0 Å². The molecule has 0 saturated carbocycles. The highest BCUT2D eigenvalue weighted by Crippen LogP contribution is 2.29. The van der Waals surface area contributed by atoms with Crippen LogP contribution in [0, 0.1) is 0 Å². The first kappa shape index (κ1) is 16.2. The van der Waals surface area contributed by atoms with E-state index in [1.54, 1.807) is 6.07 Å². The summed E-state index contributed by atoms with van der Waals surface area (Å²) in [5.74, 6) is 0.736. The smallest absolute Gasteiger partial charge is 0.192 e. The fourth-order valence-electron chi connectivity index (χ4n) is 3.03. The first-order valence-corrected chi connectivity index (χ1v) is 8.55. The minimum Gasteiger partial charge on any atom is -0.488 e. The second-order valence-electron chi connectivity index (χ2n) is 6.14. The molecule has 0 aliphatic carbocycles. The summed E-state index contributed by atoms with van der Waals surface area (Å²) < 4.78 is 11.8. The number of hydrogen-bond donors (Lipinski definition) is 0. The Morgan fingerprint density at radius 2 is 1.46 bits per heavy atom. The van der Waals surface area contributed by atoms with Gasteiger partial charge in [-0.3, -0.25) is 4.79 Å². The second-order valence-corrected chi connectivity index (χ2v) is 6.14. The monoisotopic (exact) mass is 342 g/mol. The van der Waals surface area contributed by atoms with E-state index in [9.17, 15) is 4.79 Å². The Bertz CT molecular complexity index is 1070. The van der Waals surface area contributed by atoms with Gasteiger partial charge in [0.1, 0.15) is 17.9 Å². The molecule has 0 amide bonds. The highest BCUT2D eigenvalue weighted by Gasteiger charge is 2.14. The van der Waals surface area contributed by atoms with Crippen molar-refractivity contribution in [3.63, 3.8) is 0 Å². The third kappa shape index (κ3) is 3.38. The third-order valence-corrected chi connectivity index (χ3v) is 4.35. The molecule has 26 heavy (non-hydrogen) atoms. The SMILES string of the molecule is O=c1ccoc2c(Cc3ccccc3)c(OCc3ccccc3)ccc12. The molecule has 4 aromatic rings. The highest BCUT2D eigenvalue weighted by atomic mass is 16.5. The van der Waals surface area contributed by atoms with E-state index in [0.29, 0.717) is 24.0 Å². The zero-order chi connectivity index (χ0) is 17.8. The van der Waals surface area contributed by atoms with Crippen LogP contribution in [0.15, 0.2) is 94.3 Å². The predicted molar refractivity (Wildman–Crippen MR) is 103 cm³/mol. The van der Waals surface area contributed by atoms with Crippen LogP contribution >= 0.6 is 0 Å². The van der Waals surface area contributed by atoms with Crippen LogP contribution in [0.4, 0.5) is 0 Å². The standard InChI is InChI=1S/C23H18O3/c24-21-13-14-25-23-19(21)11-12-22(26-16-18-9-5-2-6-10-18)20(23)15-17-7-3-1-4-8-17/h1-14H,15-16H2. The molecule has 0 bridgehead atoms. The second kappa shape index (κ2) is 7.28. The number of fused-ring (bicyclic) bond motifs is 1.